The molecule has 0 aliphatic carbocycles. The van der Waals surface area contributed by atoms with Gasteiger partial charge in [-0.15, -0.1) is 0 Å². The molecule has 0 saturated carbocycles. The van der Waals surface area contributed by atoms with Crippen molar-refractivity contribution in [3.63, 3.8) is 0 Å². The van der Waals surface area contributed by atoms with Gasteiger partial charge >= 0.3 is 0 Å². The number of ether oxygens (including phenoxy) is 1. The van der Waals surface area contributed by atoms with Crippen LogP contribution >= 0.6 is 0 Å². The number of nitrogens with zero attached hydrogens (tertiary/aromatic N) is 3. The SMILES string of the molecule is Cn1c(/C=C(\C#N)C(=O)N[C@H]2C(O)O[C@H](CO)[C@@H](O)[C@@H]2O)ccc1-c1ccc2cc(N3CCCCC3)ccc2c1. The lowest BCUT2D eigenvalue weighted by atomic mass is 9.97. The number of hydrogen-bond acceptors (Lipinski definition) is 8. The molecule has 5 rings (SSSR count). The number of carbonyl (C=O) groups is 1. The quantitative estimate of drug-likeness (QED) is 0.231. The second kappa shape index (κ2) is 11.8. The topological polar surface area (TPSA) is 151 Å². The Hall–Kier alpha value is -3.72. The number of anilines is 1. The summed E-state index contributed by atoms with van der Waals surface area (Å²) in [6.07, 6.45) is -0.841. The monoisotopic (exact) mass is 546 g/mol. The molecule has 2 aliphatic rings. The molecule has 10 heteroatoms. The molecule has 2 saturated heterocycles. The molecule has 210 valence electrons. The van der Waals surface area contributed by atoms with Crippen LogP contribution in [0.2, 0.25) is 0 Å². The summed E-state index contributed by atoms with van der Waals surface area (Å²) in [4.78, 5) is 15.3. The highest BCUT2D eigenvalue weighted by atomic mass is 16.6. The number of carbonyl (C=O) groups excluding carboxylic acids is 1. The molecule has 3 heterocycles. The van der Waals surface area contributed by atoms with Crippen LogP contribution in [0, 0.1) is 11.3 Å². The van der Waals surface area contributed by atoms with Crippen molar-refractivity contribution in [3.8, 4) is 17.3 Å². The van der Waals surface area contributed by atoms with Crippen LogP contribution in [0.5, 0.6) is 0 Å². The summed E-state index contributed by atoms with van der Waals surface area (Å²) in [6.45, 7) is 1.56. The fraction of sp³-hybridized carbons (Fsp3) is 0.400. The molecule has 1 amide bonds. The Morgan fingerprint density at radius 1 is 1.05 bits per heavy atom. The number of piperidine rings is 1. The van der Waals surface area contributed by atoms with E-state index in [-0.39, 0.29) is 5.57 Å². The molecule has 0 radical (unpaired) electrons. The maximum atomic E-state index is 12.8. The van der Waals surface area contributed by atoms with Crippen molar-refractivity contribution in [1.29, 1.82) is 5.26 Å². The third kappa shape index (κ3) is 5.47. The average molecular weight is 547 g/mol. The average Bonchev–Trinajstić information content (AvgIpc) is 3.35. The summed E-state index contributed by atoms with van der Waals surface area (Å²) in [5.74, 6) is -0.846. The van der Waals surface area contributed by atoms with Crippen LogP contribution in [0.3, 0.4) is 0 Å². The minimum atomic E-state index is -1.68. The predicted octanol–water partition coefficient (Wildman–Crippen LogP) is 1.66. The number of nitrogens with one attached hydrogen (secondary N) is 1. The zero-order chi connectivity index (χ0) is 28.4. The smallest absolute Gasteiger partial charge is 0.262 e. The predicted molar refractivity (Wildman–Crippen MR) is 150 cm³/mol. The molecule has 2 fully saturated rings. The number of amides is 1. The molecular weight excluding hydrogens is 512 g/mol. The maximum Gasteiger partial charge on any atom is 0.262 e. The summed E-state index contributed by atoms with van der Waals surface area (Å²) in [7, 11) is 1.84. The highest BCUT2D eigenvalue weighted by Gasteiger charge is 2.44. The van der Waals surface area contributed by atoms with E-state index in [4.69, 9.17) is 4.74 Å². The Balaban J connectivity index is 1.34. The largest absolute Gasteiger partial charge is 0.394 e. The minimum Gasteiger partial charge on any atom is -0.394 e. The van der Waals surface area contributed by atoms with Gasteiger partial charge in [-0.25, -0.2) is 0 Å². The molecule has 0 bridgehead atoms. The first-order valence-electron chi connectivity index (χ1n) is 13.5. The number of rotatable bonds is 6. The van der Waals surface area contributed by atoms with Crippen LogP contribution in [-0.4, -0.2) is 81.2 Å². The number of benzene rings is 2. The summed E-state index contributed by atoms with van der Waals surface area (Å²) in [5.41, 5.74) is 3.48. The Kier molecular flexibility index (Phi) is 8.21. The van der Waals surface area contributed by atoms with Gasteiger partial charge in [0.15, 0.2) is 6.29 Å². The van der Waals surface area contributed by atoms with Crippen LogP contribution in [0.25, 0.3) is 28.1 Å². The minimum absolute atomic E-state index is 0.255. The molecule has 1 aromatic heterocycles. The zero-order valence-corrected chi connectivity index (χ0v) is 22.3. The first kappa shape index (κ1) is 27.8. The molecule has 2 aromatic carbocycles. The number of aliphatic hydroxyl groups is 4. The second-order valence-corrected chi connectivity index (χ2v) is 10.4. The molecule has 10 nitrogen and oxygen atoms in total. The lowest BCUT2D eigenvalue weighted by Gasteiger charge is -2.40. The first-order chi connectivity index (χ1) is 19.3. The van der Waals surface area contributed by atoms with Gasteiger partial charge < -0.3 is 39.9 Å². The number of aromatic nitrogens is 1. The third-order valence-corrected chi connectivity index (χ3v) is 7.86. The first-order valence-corrected chi connectivity index (χ1v) is 13.5. The normalized spacial score (nSPS) is 25.6. The van der Waals surface area contributed by atoms with E-state index in [9.17, 15) is 30.5 Å². The number of nitriles is 1. The molecule has 0 spiro atoms. The number of fused-ring (bicyclic) bond motifs is 1. The van der Waals surface area contributed by atoms with Crippen molar-refractivity contribution in [2.75, 3.05) is 24.6 Å². The highest BCUT2D eigenvalue weighted by molar-refractivity contribution is 6.02. The molecule has 5 atom stereocenters. The fourth-order valence-electron chi connectivity index (χ4n) is 5.48. The fourth-order valence-corrected chi connectivity index (χ4v) is 5.48. The van der Waals surface area contributed by atoms with E-state index in [2.05, 4.69) is 46.6 Å². The number of hydrogen-bond donors (Lipinski definition) is 5. The zero-order valence-electron chi connectivity index (χ0n) is 22.3. The van der Waals surface area contributed by atoms with Crippen molar-refractivity contribution < 1.29 is 30.0 Å². The van der Waals surface area contributed by atoms with Crippen LogP contribution in [-0.2, 0) is 16.6 Å². The van der Waals surface area contributed by atoms with Crippen molar-refractivity contribution in [1.82, 2.24) is 9.88 Å². The lowest BCUT2D eigenvalue weighted by molar-refractivity contribution is -0.253. The maximum absolute atomic E-state index is 12.8. The Morgan fingerprint density at radius 2 is 1.77 bits per heavy atom. The summed E-state index contributed by atoms with van der Waals surface area (Å²) in [5, 5.41) is 54.1. The Morgan fingerprint density at radius 3 is 2.50 bits per heavy atom. The van der Waals surface area contributed by atoms with Gasteiger partial charge in [0.25, 0.3) is 5.91 Å². The molecule has 2 aliphatic heterocycles. The second-order valence-electron chi connectivity index (χ2n) is 10.4. The molecule has 40 heavy (non-hydrogen) atoms. The van der Waals surface area contributed by atoms with Gasteiger partial charge in [0.1, 0.15) is 36.0 Å². The highest BCUT2D eigenvalue weighted by Crippen LogP contribution is 2.30. The van der Waals surface area contributed by atoms with E-state index in [0.29, 0.717) is 5.69 Å². The molecule has 1 unspecified atom stereocenters. The van der Waals surface area contributed by atoms with Gasteiger partial charge in [0.2, 0.25) is 0 Å². The Labute approximate surface area is 232 Å². The molecule has 3 aromatic rings. The Bertz CT molecular complexity index is 1450. The standard InChI is InChI=1S/C30H34N4O6/c1-33-22(15-21(16-31)29(38)32-26-28(37)27(36)25(17-35)40-30(26)39)9-10-24(33)20-6-5-19-14-23(8-7-18(19)13-20)34-11-3-2-4-12-34/h5-10,13-15,25-28,30,35-37,39H,2-4,11-12,17H2,1H3,(H,32,38)/b21-15+/t25-,26-,27-,28-,30?/m1/s1. The summed E-state index contributed by atoms with van der Waals surface area (Å²) >= 11 is 0. The van der Waals surface area contributed by atoms with Gasteiger partial charge in [0.05, 0.1) is 6.61 Å². The lowest BCUT2D eigenvalue weighted by Crippen LogP contribution is -2.64. The van der Waals surface area contributed by atoms with Crippen molar-refractivity contribution >= 4 is 28.4 Å². The third-order valence-electron chi connectivity index (χ3n) is 7.86. The number of aliphatic hydroxyl groups excluding tert-OH is 4. The molecule has 5 N–H and O–H groups in total. The van der Waals surface area contributed by atoms with Crippen LogP contribution in [0.1, 0.15) is 25.0 Å². The van der Waals surface area contributed by atoms with E-state index in [1.165, 1.54) is 31.0 Å². The van der Waals surface area contributed by atoms with E-state index >= 15 is 0 Å². The van der Waals surface area contributed by atoms with Gasteiger partial charge in [-0.1, -0.05) is 18.2 Å². The van der Waals surface area contributed by atoms with E-state index in [1.54, 1.807) is 6.07 Å². The van der Waals surface area contributed by atoms with E-state index in [1.807, 2.05) is 23.8 Å². The van der Waals surface area contributed by atoms with Gasteiger partial charge in [-0.3, -0.25) is 4.79 Å². The van der Waals surface area contributed by atoms with Crippen molar-refractivity contribution in [2.45, 2.75) is 49.9 Å². The molecular formula is C30H34N4O6. The summed E-state index contributed by atoms with van der Waals surface area (Å²) in [6, 6.07) is 17.0. The van der Waals surface area contributed by atoms with Crippen LogP contribution in [0.4, 0.5) is 5.69 Å². The van der Waals surface area contributed by atoms with Gasteiger partial charge in [-0.2, -0.15) is 5.26 Å². The van der Waals surface area contributed by atoms with Crippen LogP contribution < -0.4 is 10.2 Å². The van der Waals surface area contributed by atoms with Crippen molar-refractivity contribution in [2.24, 2.45) is 7.05 Å². The van der Waals surface area contributed by atoms with E-state index < -0.39 is 43.2 Å². The van der Waals surface area contributed by atoms with Gasteiger partial charge in [-0.05, 0) is 72.0 Å². The van der Waals surface area contributed by atoms with Crippen LogP contribution in [0.15, 0.2) is 54.1 Å². The summed E-state index contributed by atoms with van der Waals surface area (Å²) < 4.78 is 6.95. The van der Waals surface area contributed by atoms with Gasteiger partial charge in [0, 0.05) is 37.2 Å². The van der Waals surface area contributed by atoms with E-state index in [0.717, 1.165) is 35.1 Å². The van der Waals surface area contributed by atoms with Crippen molar-refractivity contribution in [3.05, 3.63) is 59.8 Å².